The monoisotopic (exact) mass is 380 g/mol. The lowest BCUT2D eigenvalue weighted by Gasteiger charge is -2.14. The fourth-order valence-electron chi connectivity index (χ4n) is 2.55. The van der Waals surface area contributed by atoms with E-state index >= 15 is 0 Å². The normalized spacial score (nSPS) is 11.4. The molecule has 0 unspecified atom stereocenters. The number of para-hydroxylation sites is 1. The smallest absolute Gasteiger partial charge is 0.473 e. The number of pyridine rings is 1. The minimum absolute atomic E-state index is 0.0122. The van der Waals surface area contributed by atoms with Crippen LogP contribution < -0.4 is 15.0 Å². The van der Waals surface area contributed by atoms with Gasteiger partial charge in [-0.05, 0) is 18.2 Å². The second-order valence-corrected chi connectivity index (χ2v) is 5.48. The van der Waals surface area contributed by atoms with Gasteiger partial charge in [0.2, 0.25) is 5.88 Å². The van der Waals surface area contributed by atoms with Crippen molar-refractivity contribution >= 4 is 17.0 Å². The van der Waals surface area contributed by atoms with Crippen LogP contribution in [0, 0.1) is 11.2 Å². The molecule has 0 fully saturated rings. The molecule has 1 aromatic heterocycles. The molecule has 3 rings (SSSR count). The summed E-state index contributed by atoms with van der Waals surface area (Å²) >= 11 is 0. The number of H-pyrrole nitrogens is 1. The number of benzene rings is 2. The summed E-state index contributed by atoms with van der Waals surface area (Å²) in [6, 6.07) is 8.93. The van der Waals surface area contributed by atoms with Crippen molar-refractivity contribution in [3.05, 3.63) is 69.8 Å². The van der Waals surface area contributed by atoms with Crippen LogP contribution in [0.1, 0.15) is 11.1 Å². The number of nitrogens with one attached hydrogen (secondary N) is 2. The fraction of sp³-hybridized carbons (Fsp3) is 0.111. The van der Waals surface area contributed by atoms with Crippen molar-refractivity contribution in [2.75, 3.05) is 0 Å². The van der Waals surface area contributed by atoms with Gasteiger partial charge in [-0.1, -0.05) is 24.3 Å². The second kappa shape index (κ2) is 7.10. The minimum atomic E-state index is -4.87. The molecule has 0 amide bonds. The number of halogens is 4. The maximum atomic E-state index is 13.6. The van der Waals surface area contributed by atoms with E-state index in [4.69, 9.17) is 10.1 Å². The second-order valence-electron chi connectivity index (χ2n) is 5.48. The third-order valence-corrected chi connectivity index (χ3v) is 3.70. The molecule has 0 saturated heterocycles. The fourth-order valence-corrected chi connectivity index (χ4v) is 2.55. The summed E-state index contributed by atoms with van der Waals surface area (Å²) in [5, 5.41) is 7.80. The van der Waals surface area contributed by atoms with Crippen LogP contribution in [0.3, 0.4) is 0 Å². The van der Waals surface area contributed by atoms with Crippen molar-refractivity contribution in [1.82, 2.24) is 4.98 Å². The van der Waals surface area contributed by atoms with Crippen LogP contribution in [0.25, 0.3) is 10.8 Å². The largest absolute Gasteiger partial charge is 0.573 e. The summed E-state index contributed by atoms with van der Waals surface area (Å²) in [6.45, 7) is -0.363. The van der Waals surface area contributed by atoms with Crippen molar-refractivity contribution in [1.29, 1.82) is 5.41 Å². The summed E-state index contributed by atoms with van der Waals surface area (Å²) in [6.07, 6.45) is -4.04. The molecular weight excluding hydrogens is 368 g/mol. The minimum Gasteiger partial charge on any atom is -0.473 e. The molecule has 0 radical (unpaired) electrons. The van der Waals surface area contributed by atoms with Gasteiger partial charge in [-0.15, -0.1) is 13.2 Å². The zero-order chi connectivity index (χ0) is 19.6. The predicted molar refractivity (Wildman–Crippen MR) is 89.9 cm³/mol. The van der Waals surface area contributed by atoms with Gasteiger partial charge in [0, 0.05) is 22.6 Å². The average molecular weight is 380 g/mol. The van der Waals surface area contributed by atoms with Gasteiger partial charge in [0.25, 0.3) is 5.56 Å². The first-order valence-corrected chi connectivity index (χ1v) is 7.61. The maximum absolute atomic E-state index is 13.6. The molecule has 140 valence electrons. The van der Waals surface area contributed by atoms with E-state index in [1.54, 1.807) is 0 Å². The molecule has 0 aliphatic heterocycles. The first-order valence-electron chi connectivity index (χ1n) is 7.61. The van der Waals surface area contributed by atoms with Crippen LogP contribution in [0.2, 0.25) is 0 Å². The zero-order valence-corrected chi connectivity index (χ0v) is 13.6. The van der Waals surface area contributed by atoms with E-state index in [1.165, 1.54) is 24.3 Å². The van der Waals surface area contributed by atoms with E-state index in [9.17, 15) is 22.4 Å². The molecule has 3 aromatic rings. The molecule has 9 heteroatoms. The van der Waals surface area contributed by atoms with E-state index in [0.717, 1.165) is 24.4 Å². The highest BCUT2D eigenvalue weighted by Crippen LogP contribution is 2.29. The molecule has 5 nitrogen and oxygen atoms in total. The Hall–Kier alpha value is -3.36. The first kappa shape index (κ1) is 18.4. The van der Waals surface area contributed by atoms with Crippen LogP contribution in [-0.4, -0.2) is 17.6 Å². The molecule has 0 saturated carbocycles. The highest BCUT2D eigenvalue weighted by molar-refractivity contribution is 6.00. The number of ether oxygens (including phenoxy) is 2. The number of aromatic amines is 1. The quantitative estimate of drug-likeness (QED) is 0.516. The summed E-state index contributed by atoms with van der Waals surface area (Å²) in [7, 11) is 0. The first-order chi connectivity index (χ1) is 12.8. The lowest BCUT2D eigenvalue weighted by Crippen LogP contribution is -2.18. The summed E-state index contributed by atoms with van der Waals surface area (Å²) in [5.74, 6) is -1.17. The highest BCUT2D eigenvalue weighted by atomic mass is 19.4. The van der Waals surface area contributed by atoms with Gasteiger partial charge in [-0.25, -0.2) is 4.39 Å². The van der Waals surface area contributed by atoms with E-state index in [-0.39, 0.29) is 34.4 Å². The molecule has 2 aromatic carbocycles. The molecule has 2 N–H and O–H groups in total. The Morgan fingerprint density at radius 1 is 1.11 bits per heavy atom. The average Bonchev–Trinajstić information content (AvgIpc) is 2.60. The van der Waals surface area contributed by atoms with Gasteiger partial charge in [0.1, 0.15) is 18.2 Å². The Labute approximate surface area is 149 Å². The Kier molecular flexibility index (Phi) is 4.85. The van der Waals surface area contributed by atoms with Crippen LogP contribution in [-0.2, 0) is 6.61 Å². The molecule has 0 bridgehead atoms. The number of fused-ring (bicyclic) bond motifs is 1. The van der Waals surface area contributed by atoms with Gasteiger partial charge in [-0.2, -0.15) is 0 Å². The summed E-state index contributed by atoms with van der Waals surface area (Å²) in [4.78, 5) is 14.5. The van der Waals surface area contributed by atoms with E-state index in [0.29, 0.717) is 0 Å². The van der Waals surface area contributed by atoms with Gasteiger partial charge < -0.3 is 14.9 Å². The van der Waals surface area contributed by atoms with Gasteiger partial charge in [-0.3, -0.25) is 9.78 Å². The lowest BCUT2D eigenvalue weighted by molar-refractivity contribution is -0.275. The molecule has 0 aliphatic carbocycles. The van der Waals surface area contributed by atoms with Crippen molar-refractivity contribution in [2.45, 2.75) is 13.0 Å². The Bertz CT molecular complexity index is 1060. The van der Waals surface area contributed by atoms with Crippen LogP contribution >= 0.6 is 0 Å². The predicted octanol–water partition coefficient (Wildman–Crippen LogP) is 4.14. The summed E-state index contributed by atoms with van der Waals surface area (Å²) in [5.41, 5.74) is -0.548. The van der Waals surface area contributed by atoms with Crippen LogP contribution in [0.15, 0.2) is 47.3 Å². The van der Waals surface area contributed by atoms with E-state index < -0.39 is 23.5 Å². The molecule has 27 heavy (non-hydrogen) atoms. The maximum Gasteiger partial charge on any atom is 0.573 e. The number of rotatable bonds is 5. The molecule has 0 aliphatic rings. The molecule has 1 heterocycles. The van der Waals surface area contributed by atoms with Crippen molar-refractivity contribution in [2.24, 2.45) is 0 Å². The number of aromatic nitrogens is 1. The molecule has 0 atom stereocenters. The Morgan fingerprint density at radius 2 is 1.85 bits per heavy atom. The highest BCUT2D eigenvalue weighted by Gasteiger charge is 2.32. The number of hydrogen-bond acceptors (Lipinski definition) is 4. The van der Waals surface area contributed by atoms with Crippen molar-refractivity contribution in [3.8, 4) is 11.6 Å². The van der Waals surface area contributed by atoms with Crippen LogP contribution in [0.4, 0.5) is 17.6 Å². The molecular formula is C18H12F4N2O3. The molecule has 0 spiro atoms. The SMILES string of the molecule is N=Cc1c(=O)[nH]c(OCc2ccccc2OC(F)(F)F)c2cc(F)ccc12. The standard InChI is InChI=1S/C18H12F4N2O3/c19-11-5-6-12-13(7-11)17(24-16(25)14(12)8-23)26-9-10-3-1-2-4-15(10)27-18(20,21)22/h1-8,23H,9H2,(H,24,25). The Balaban J connectivity index is 1.98. The van der Waals surface area contributed by atoms with E-state index in [1.807, 2.05) is 0 Å². The van der Waals surface area contributed by atoms with Gasteiger partial charge in [0.05, 0.1) is 5.56 Å². The number of alkyl halides is 3. The van der Waals surface area contributed by atoms with Crippen molar-refractivity contribution in [3.63, 3.8) is 0 Å². The number of hydrogen-bond donors (Lipinski definition) is 2. The third kappa shape index (κ3) is 4.08. The van der Waals surface area contributed by atoms with Gasteiger partial charge in [0.15, 0.2) is 0 Å². The van der Waals surface area contributed by atoms with Crippen LogP contribution in [0.5, 0.6) is 11.6 Å². The third-order valence-electron chi connectivity index (χ3n) is 3.70. The lowest BCUT2D eigenvalue weighted by atomic mass is 10.1. The van der Waals surface area contributed by atoms with Gasteiger partial charge >= 0.3 is 6.36 Å². The Morgan fingerprint density at radius 3 is 2.56 bits per heavy atom. The zero-order valence-electron chi connectivity index (χ0n) is 13.6. The van der Waals surface area contributed by atoms with E-state index in [2.05, 4.69) is 9.72 Å². The van der Waals surface area contributed by atoms with Crippen molar-refractivity contribution < 1.29 is 27.0 Å². The summed E-state index contributed by atoms with van der Waals surface area (Å²) < 4.78 is 60.5. The topological polar surface area (TPSA) is 75.2 Å².